The van der Waals surface area contributed by atoms with Crippen LogP contribution >= 0.6 is 0 Å². The van der Waals surface area contributed by atoms with Crippen LogP contribution in [-0.2, 0) is 14.9 Å². The van der Waals surface area contributed by atoms with E-state index in [1.807, 2.05) is 36.4 Å². The largest absolute Gasteiger partial charge is 0.376 e. The lowest BCUT2D eigenvalue weighted by molar-refractivity contribution is -0.169. The van der Waals surface area contributed by atoms with Crippen molar-refractivity contribution >= 4 is 5.78 Å². The van der Waals surface area contributed by atoms with Crippen LogP contribution in [0.4, 0.5) is 0 Å². The summed E-state index contributed by atoms with van der Waals surface area (Å²) in [4.78, 5) is 13.0. The monoisotopic (exact) mass is 278 g/mol. The molecular formula is C19H18O2. The van der Waals surface area contributed by atoms with Crippen molar-refractivity contribution in [1.82, 2.24) is 0 Å². The topological polar surface area (TPSA) is 26.3 Å². The quantitative estimate of drug-likeness (QED) is 0.842. The summed E-state index contributed by atoms with van der Waals surface area (Å²) in [6.07, 6.45) is 1.95. The number of fused-ring (bicyclic) bond motifs is 1. The summed E-state index contributed by atoms with van der Waals surface area (Å²) in [5.74, 6) is 0.392. The Morgan fingerprint density at radius 3 is 2.05 bits per heavy atom. The standard InChI is InChI=1S/C19H18O2/c20-17-16-12-7-13-21-18(16)19(17,14-8-3-1-4-9-14)15-10-5-2-6-11-15/h1-6,8-11,16,18H,7,12-13H2/t16-,18-/m0/s1. The molecule has 2 nitrogen and oxygen atoms in total. The highest BCUT2D eigenvalue weighted by molar-refractivity contribution is 6.03. The zero-order valence-electron chi connectivity index (χ0n) is 11.9. The number of hydrogen-bond donors (Lipinski definition) is 0. The van der Waals surface area contributed by atoms with E-state index >= 15 is 0 Å². The molecule has 2 aromatic carbocycles. The Balaban J connectivity index is 1.90. The predicted octanol–water partition coefficient (Wildman–Crippen LogP) is 3.35. The van der Waals surface area contributed by atoms with E-state index in [1.165, 1.54) is 0 Å². The lowest BCUT2D eigenvalue weighted by atomic mass is 9.50. The average Bonchev–Trinajstić information content (AvgIpc) is 2.57. The summed E-state index contributed by atoms with van der Waals surface area (Å²) >= 11 is 0. The van der Waals surface area contributed by atoms with E-state index in [-0.39, 0.29) is 12.0 Å². The fraction of sp³-hybridized carbons (Fsp3) is 0.316. The van der Waals surface area contributed by atoms with Gasteiger partial charge in [-0.1, -0.05) is 60.7 Å². The minimum absolute atomic E-state index is 0.0106. The van der Waals surface area contributed by atoms with E-state index in [1.54, 1.807) is 0 Å². The minimum atomic E-state index is -0.604. The van der Waals surface area contributed by atoms with Gasteiger partial charge in [-0.3, -0.25) is 4.79 Å². The lowest BCUT2D eigenvalue weighted by Crippen LogP contribution is -2.67. The van der Waals surface area contributed by atoms with Gasteiger partial charge in [0.1, 0.15) is 5.41 Å². The van der Waals surface area contributed by atoms with Crippen molar-refractivity contribution in [3.8, 4) is 0 Å². The summed E-state index contributed by atoms with van der Waals surface area (Å²) in [5, 5.41) is 0. The third-order valence-corrected chi connectivity index (χ3v) is 4.93. The molecule has 21 heavy (non-hydrogen) atoms. The molecule has 2 aliphatic rings. The number of carbonyl (C=O) groups is 1. The Kier molecular flexibility index (Phi) is 2.93. The molecule has 0 amide bonds. The van der Waals surface area contributed by atoms with Gasteiger partial charge in [-0.05, 0) is 24.0 Å². The number of ether oxygens (including phenoxy) is 1. The molecule has 0 aromatic heterocycles. The van der Waals surface area contributed by atoms with E-state index in [0.29, 0.717) is 5.78 Å². The van der Waals surface area contributed by atoms with Crippen LogP contribution in [-0.4, -0.2) is 18.5 Å². The molecule has 0 bridgehead atoms. The molecule has 1 aliphatic carbocycles. The van der Waals surface area contributed by atoms with Crippen LogP contribution in [0.1, 0.15) is 24.0 Å². The predicted molar refractivity (Wildman–Crippen MR) is 81.1 cm³/mol. The van der Waals surface area contributed by atoms with Crippen molar-refractivity contribution in [3.63, 3.8) is 0 Å². The molecule has 0 radical (unpaired) electrons. The summed E-state index contributed by atoms with van der Waals surface area (Å²) in [6, 6.07) is 20.2. The number of carbonyl (C=O) groups excluding carboxylic acids is 1. The zero-order chi connectivity index (χ0) is 14.3. The Hall–Kier alpha value is -1.93. The number of benzene rings is 2. The first-order valence-corrected chi connectivity index (χ1v) is 7.62. The van der Waals surface area contributed by atoms with Gasteiger partial charge in [0, 0.05) is 12.5 Å². The van der Waals surface area contributed by atoms with Crippen LogP contribution in [0.2, 0.25) is 0 Å². The van der Waals surface area contributed by atoms with Gasteiger partial charge in [-0.15, -0.1) is 0 Å². The maximum atomic E-state index is 13.0. The third-order valence-electron chi connectivity index (χ3n) is 4.93. The van der Waals surface area contributed by atoms with Gasteiger partial charge in [0.25, 0.3) is 0 Å². The first kappa shape index (κ1) is 12.8. The van der Waals surface area contributed by atoms with Gasteiger partial charge >= 0.3 is 0 Å². The Morgan fingerprint density at radius 2 is 1.48 bits per heavy atom. The highest BCUT2D eigenvalue weighted by atomic mass is 16.5. The Labute approximate surface area is 124 Å². The number of rotatable bonds is 2. The fourth-order valence-electron chi connectivity index (χ4n) is 3.99. The van der Waals surface area contributed by atoms with Crippen LogP contribution in [0.25, 0.3) is 0 Å². The molecule has 1 heterocycles. The highest BCUT2D eigenvalue weighted by Gasteiger charge is 2.64. The van der Waals surface area contributed by atoms with Crippen molar-refractivity contribution in [1.29, 1.82) is 0 Å². The molecule has 2 heteroatoms. The lowest BCUT2D eigenvalue weighted by Gasteiger charge is -2.55. The van der Waals surface area contributed by atoms with E-state index in [4.69, 9.17) is 4.74 Å². The van der Waals surface area contributed by atoms with Gasteiger partial charge in [-0.2, -0.15) is 0 Å². The van der Waals surface area contributed by atoms with Gasteiger partial charge in [0.2, 0.25) is 0 Å². The fourth-order valence-corrected chi connectivity index (χ4v) is 3.99. The maximum Gasteiger partial charge on any atom is 0.156 e. The van der Waals surface area contributed by atoms with Crippen molar-refractivity contribution in [2.45, 2.75) is 24.4 Å². The van der Waals surface area contributed by atoms with Gasteiger partial charge in [-0.25, -0.2) is 0 Å². The summed E-state index contributed by atoms with van der Waals surface area (Å²) in [6.45, 7) is 0.760. The van der Waals surface area contributed by atoms with Crippen molar-refractivity contribution in [2.75, 3.05) is 6.61 Å². The van der Waals surface area contributed by atoms with Crippen molar-refractivity contribution in [2.24, 2.45) is 5.92 Å². The van der Waals surface area contributed by atoms with E-state index in [0.717, 1.165) is 30.6 Å². The Morgan fingerprint density at radius 1 is 0.905 bits per heavy atom. The molecule has 2 aromatic rings. The number of Topliss-reactive ketones (excluding diaryl/α,β-unsaturated/α-hetero) is 1. The molecular weight excluding hydrogens is 260 g/mol. The smallest absolute Gasteiger partial charge is 0.156 e. The summed E-state index contributed by atoms with van der Waals surface area (Å²) in [5.41, 5.74) is 1.52. The van der Waals surface area contributed by atoms with Crippen molar-refractivity contribution < 1.29 is 9.53 Å². The second-order valence-electron chi connectivity index (χ2n) is 5.94. The SMILES string of the molecule is O=C1[C@@H]2CCCO[C@@H]2C1(c1ccccc1)c1ccccc1. The number of hydrogen-bond acceptors (Lipinski definition) is 2. The molecule has 1 aliphatic heterocycles. The van der Waals surface area contributed by atoms with Crippen LogP contribution in [0, 0.1) is 5.92 Å². The molecule has 1 saturated heterocycles. The summed E-state index contributed by atoms with van der Waals surface area (Å²) in [7, 11) is 0. The molecule has 2 atom stereocenters. The second-order valence-corrected chi connectivity index (χ2v) is 5.94. The van der Waals surface area contributed by atoms with E-state index in [2.05, 4.69) is 24.3 Å². The van der Waals surface area contributed by atoms with Crippen LogP contribution in [0.3, 0.4) is 0 Å². The molecule has 0 spiro atoms. The van der Waals surface area contributed by atoms with Gasteiger partial charge in [0.05, 0.1) is 6.10 Å². The molecule has 0 N–H and O–H groups in total. The third kappa shape index (κ3) is 1.66. The first-order valence-electron chi connectivity index (χ1n) is 7.62. The normalized spacial score (nSPS) is 26.8. The van der Waals surface area contributed by atoms with Crippen LogP contribution < -0.4 is 0 Å². The van der Waals surface area contributed by atoms with Crippen LogP contribution in [0.15, 0.2) is 60.7 Å². The highest BCUT2D eigenvalue weighted by Crippen LogP contribution is 2.53. The van der Waals surface area contributed by atoms with Crippen LogP contribution in [0.5, 0.6) is 0 Å². The molecule has 4 rings (SSSR count). The first-order chi connectivity index (χ1) is 10.3. The average molecular weight is 278 g/mol. The molecule has 2 fully saturated rings. The minimum Gasteiger partial charge on any atom is -0.376 e. The second kappa shape index (κ2) is 4.81. The van der Waals surface area contributed by atoms with Gasteiger partial charge < -0.3 is 4.74 Å². The zero-order valence-corrected chi connectivity index (χ0v) is 11.9. The molecule has 0 unspecified atom stereocenters. The van der Waals surface area contributed by atoms with Crippen molar-refractivity contribution in [3.05, 3.63) is 71.8 Å². The Bertz CT molecular complexity index is 608. The molecule has 106 valence electrons. The maximum absolute atomic E-state index is 13.0. The molecule has 1 saturated carbocycles. The van der Waals surface area contributed by atoms with E-state index < -0.39 is 5.41 Å². The number of ketones is 1. The van der Waals surface area contributed by atoms with Gasteiger partial charge in [0.15, 0.2) is 5.78 Å². The summed E-state index contributed by atoms with van der Waals surface area (Å²) < 4.78 is 6.05. The van der Waals surface area contributed by atoms with E-state index in [9.17, 15) is 4.79 Å².